The molecule has 1 aromatic carbocycles. The second-order valence-electron chi connectivity index (χ2n) is 9.44. The fourth-order valence-electron chi connectivity index (χ4n) is 4.91. The molecular weight excluding hydrogens is 491 g/mol. The van der Waals surface area contributed by atoms with Gasteiger partial charge in [-0.1, -0.05) is 11.6 Å². The summed E-state index contributed by atoms with van der Waals surface area (Å²) in [6.45, 7) is 5.59. The number of anilines is 4. The second-order valence-corrected chi connectivity index (χ2v) is 12.0. The van der Waals surface area contributed by atoms with Crippen LogP contribution >= 0.6 is 11.6 Å². The maximum Gasteiger partial charge on any atom is 0.229 e. The highest BCUT2D eigenvalue weighted by molar-refractivity contribution is 7.92. The van der Waals surface area contributed by atoms with E-state index in [-0.39, 0.29) is 35.2 Å². The summed E-state index contributed by atoms with van der Waals surface area (Å²) in [6, 6.07) is 5.45. The van der Waals surface area contributed by atoms with Crippen molar-refractivity contribution in [2.45, 2.75) is 38.6 Å². The number of H-pyrrole nitrogens is 1. The summed E-state index contributed by atoms with van der Waals surface area (Å²) < 4.78 is 38.1. The normalized spacial score (nSPS) is 18.9. The van der Waals surface area contributed by atoms with Crippen LogP contribution in [0.3, 0.4) is 0 Å². The fraction of sp³-hybridized carbons (Fsp3) is 0.417. The Morgan fingerprint density at radius 3 is 2.54 bits per heavy atom. The number of aryl methyl sites for hydroxylation is 2. The molecule has 8 nitrogen and oxygen atoms in total. The maximum absolute atomic E-state index is 15.1. The van der Waals surface area contributed by atoms with Gasteiger partial charge >= 0.3 is 0 Å². The van der Waals surface area contributed by atoms with Gasteiger partial charge in [-0.2, -0.15) is 4.98 Å². The fourth-order valence-corrected chi connectivity index (χ4v) is 6.54. The number of aromatic amines is 1. The van der Waals surface area contributed by atoms with E-state index in [1.807, 2.05) is 19.9 Å². The summed E-state index contributed by atoms with van der Waals surface area (Å²) in [5.74, 6) is 1.06. The Bertz CT molecular complexity index is 1340. The molecule has 0 spiro atoms. The smallest absolute Gasteiger partial charge is 0.229 e. The van der Waals surface area contributed by atoms with Crippen LogP contribution in [0, 0.1) is 19.7 Å². The van der Waals surface area contributed by atoms with Gasteiger partial charge in [-0.05, 0) is 75.0 Å². The largest absolute Gasteiger partial charge is 0.363 e. The first kappa shape index (κ1) is 24.0. The Morgan fingerprint density at radius 2 is 1.89 bits per heavy atom. The van der Waals surface area contributed by atoms with Crippen molar-refractivity contribution in [3.8, 4) is 0 Å². The summed E-state index contributed by atoms with van der Waals surface area (Å²) in [7, 11) is -2.83. The van der Waals surface area contributed by atoms with Gasteiger partial charge in [-0.25, -0.2) is 17.8 Å². The van der Waals surface area contributed by atoms with E-state index >= 15 is 4.39 Å². The maximum atomic E-state index is 15.1. The highest BCUT2D eigenvalue weighted by Crippen LogP contribution is 2.35. The number of hydrogen-bond donors (Lipinski definition) is 3. The lowest BCUT2D eigenvalue weighted by Gasteiger charge is -2.41. The minimum atomic E-state index is -2.83. The molecule has 0 unspecified atom stereocenters. The van der Waals surface area contributed by atoms with Crippen molar-refractivity contribution < 1.29 is 12.8 Å². The number of halogens is 2. The molecule has 11 heteroatoms. The molecule has 186 valence electrons. The topological polar surface area (TPSA) is 103 Å². The summed E-state index contributed by atoms with van der Waals surface area (Å²) >= 11 is 6.24. The first-order valence-corrected chi connectivity index (χ1v) is 13.8. The van der Waals surface area contributed by atoms with E-state index in [0.29, 0.717) is 16.5 Å². The molecule has 2 aliphatic heterocycles. The number of aromatic nitrogens is 3. The quantitative estimate of drug-likeness (QED) is 0.435. The van der Waals surface area contributed by atoms with E-state index < -0.39 is 9.84 Å². The van der Waals surface area contributed by atoms with Crippen molar-refractivity contribution in [1.29, 1.82) is 0 Å². The minimum Gasteiger partial charge on any atom is -0.363 e. The lowest BCUT2D eigenvalue weighted by Crippen LogP contribution is -2.55. The predicted octanol–water partition coefficient (Wildman–Crippen LogP) is 4.68. The van der Waals surface area contributed by atoms with Gasteiger partial charge in [0, 0.05) is 17.9 Å². The molecule has 4 heterocycles. The minimum absolute atomic E-state index is 0.144. The van der Waals surface area contributed by atoms with E-state index in [9.17, 15) is 8.42 Å². The third-order valence-corrected chi connectivity index (χ3v) is 8.88. The molecule has 2 fully saturated rings. The van der Waals surface area contributed by atoms with Crippen molar-refractivity contribution >= 4 is 44.6 Å². The zero-order valence-electron chi connectivity index (χ0n) is 19.6. The van der Waals surface area contributed by atoms with Crippen molar-refractivity contribution in [3.05, 3.63) is 58.3 Å². The van der Waals surface area contributed by atoms with Crippen LogP contribution in [0.1, 0.15) is 35.6 Å². The molecular formula is C24H28ClFN6O2S. The molecule has 3 N–H and O–H groups in total. The van der Waals surface area contributed by atoms with Crippen LogP contribution in [0.2, 0.25) is 5.02 Å². The molecule has 0 bridgehead atoms. The summed E-state index contributed by atoms with van der Waals surface area (Å²) in [5.41, 5.74) is 4.10. The van der Waals surface area contributed by atoms with Crippen LogP contribution in [-0.2, 0) is 9.84 Å². The van der Waals surface area contributed by atoms with Gasteiger partial charge < -0.3 is 15.6 Å². The van der Waals surface area contributed by atoms with Crippen LogP contribution in [0.5, 0.6) is 0 Å². The molecule has 0 radical (unpaired) electrons. The Morgan fingerprint density at radius 1 is 1.14 bits per heavy atom. The Hall–Kier alpha value is -2.69. The first-order valence-electron chi connectivity index (χ1n) is 11.6. The average molecular weight is 519 g/mol. The second kappa shape index (κ2) is 9.40. The van der Waals surface area contributed by atoms with Gasteiger partial charge in [0.25, 0.3) is 0 Å². The van der Waals surface area contributed by atoms with Gasteiger partial charge in [0.2, 0.25) is 5.95 Å². The van der Waals surface area contributed by atoms with Gasteiger partial charge in [-0.3, -0.25) is 4.90 Å². The van der Waals surface area contributed by atoms with Crippen molar-refractivity contribution in [1.82, 2.24) is 19.9 Å². The van der Waals surface area contributed by atoms with E-state index in [1.165, 1.54) is 6.20 Å². The predicted molar refractivity (Wildman–Crippen MR) is 136 cm³/mol. The van der Waals surface area contributed by atoms with Gasteiger partial charge in [0.15, 0.2) is 15.7 Å². The molecule has 0 saturated carbocycles. The Balaban J connectivity index is 1.27. The van der Waals surface area contributed by atoms with E-state index in [4.69, 9.17) is 11.6 Å². The van der Waals surface area contributed by atoms with Crippen molar-refractivity contribution in [2.24, 2.45) is 0 Å². The Labute approximate surface area is 209 Å². The van der Waals surface area contributed by atoms with Crippen LogP contribution in [0.25, 0.3) is 0 Å². The summed E-state index contributed by atoms with van der Waals surface area (Å²) in [6.07, 6.45) is 5.05. The molecule has 3 aromatic rings. The van der Waals surface area contributed by atoms with Crippen LogP contribution in [-0.4, -0.2) is 58.9 Å². The number of rotatable bonds is 6. The zero-order valence-corrected chi connectivity index (χ0v) is 21.2. The average Bonchev–Trinajstić information content (AvgIpc) is 3.21. The Kier molecular flexibility index (Phi) is 6.45. The number of benzene rings is 1. The van der Waals surface area contributed by atoms with Crippen LogP contribution < -0.4 is 10.6 Å². The number of nitrogens with one attached hydrogen (secondary N) is 3. The molecule has 2 aromatic heterocycles. The highest BCUT2D eigenvalue weighted by atomic mass is 35.5. The first-order chi connectivity index (χ1) is 16.7. The number of likely N-dealkylation sites (tertiary alicyclic amines) is 1. The number of sulfone groups is 1. The molecule has 0 atom stereocenters. The molecule has 2 aliphatic rings. The van der Waals surface area contributed by atoms with E-state index in [1.54, 1.807) is 18.3 Å². The standard InChI is InChI=1S/C24H28ClFN6O2S/c1-14-7-22(30-24-28-11-20(25)23(31-24)29-17-8-15(2)27-10-17)21(26)9-19(14)16-3-5-32(6-4-16)18-12-35(33,34)13-18/h7-11,16,18,27H,3-6,12-13H2,1-2H3,(H2,28,29,30,31). The third kappa shape index (κ3) is 5.29. The number of hydrogen-bond acceptors (Lipinski definition) is 7. The lowest BCUT2D eigenvalue weighted by atomic mass is 9.86. The summed E-state index contributed by atoms with van der Waals surface area (Å²) in [4.78, 5) is 14.0. The van der Waals surface area contributed by atoms with Gasteiger partial charge in [0.1, 0.15) is 10.8 Å². The third-order valence-electron chi connectivity index (χ3n) is 6.81. The van der Waals surface area contributed by atoms with Crippen molar-refractivity contribution in [2.75, 3.05) is 35.2 Å². The SMILES string of the molecule is Cc1cc(Nc2nc(Nc3cc(C)c(C4CCN(C5CS(=O)(=O)C5)CC4)cc3F)ncc2Cl)c[nH]1. The van der Waals surface area contributed by atoms with Crippen LogP contribution in [0.4, 0.5) is 27.5 Å². The molecule has 0 amide bonds. The molecule has 35 heavy (non-hydrogen) atoms. The zero-order chi connectivity index (χ0) is 24.7. The highest BCUT2D eigenvalue weighted by Gasteiger charge is 2.39. The van der Waals surface area contributed by atoms with E-state index in [0.717, 1.165) is 48.4 Å². The molecule has 2 saturated heterocycles. The molecule has 5 rings (SSSR count). The number of piperidine rings is 1. The van der Waals surface area contributed by atoms with Gasteiger partial charge in [-0.15, -0.1) is 0 Å². The molecule has 0 aliphatic carbocycles. The van der Waals surface area contributed by atoms with Crippen LogP contribution in [0.15, 0.2) is 30.6 Å². The van der Waals surface area contributed by atoms with E-state index in [2.05, 4.69) is 30.5 Å². The monoisotopic (exact) mass is 518 g/mol. The number of nitrogens with zero attached hydrogens (tertiary/aromatic N) is 3. The van der Waals surface area contributed by atoms with Gasteiger partial charge in [0.05, 0.1) is 29.1 Å². The summed E-state index contributed by atoms with van der Waals surface area (Å²) in [5, 5.41) is 6.47. The van der Waals surface area contributed by atoms with Crippen molar-refractivity contribution in [3.63, 3.8) is 0 Å². The lowest BCUT2D eigenvalue weighted by molar-refractivity contribution is 0.166.